The first-order chi connectivity index (χ1) is 12.8. The highest BCUT2D eigenvalue weighted by Gasteiger charge is 2.26. The first kappa shape index (κ1) is 21.5. The van der Waals surface area contributed by atoms with Crippen LogP contribution in [0.25, 0.3) is 0 Å². The Kier molecular flexibility index (Phi) is 7.96. The Hall–Kier alpha value is -1.75. The van der Waals surface area contributed by atoms with Crippen LogP contribution in [0.1, 0.15) is 30.6 Å². The molecule has 0 bridgehead atoms. The molecule has 0 aliphatic carbocycles. The molecule has 1 aromatic rings. The van der Waals surface area contributed by atoms with Gasteiger partial charge in [0.25, 0.3) is 5.91 Å². The molecule has 2 rings (SSSR count). The molecule has 10 heteroatoms. The summed E-state index contributed by atoms with van der Waals surface area (Å²) in [6.45, 7) is 6.37. The van der Waals surface area contributed by atoms with Crippen molar-refractivity contribution in [2.45, 2.75) is 25.2 Å². The fraction of sp³-hybridized carbons (Fsp3) is 0.529. The van der Waals surface area contributed by atoms with Gasteiger partial charge in [-0.15, -0.1) is 0 Å². The number of hydrazine groups is 1. The lowest BCUT2D eigenvalue weighted by Gasteiger charge is -2.26. The highest BCUT2D eigenvalue weighted by atomic mass is 32.2. The van der Waals surface area contributed by atoms with Crippen LogP contribution < -0.4 is 16.2 Å². The number of nitrogens with one attached hydrogen (secondary N) is 3. The van der Waals surface area contributed by atoms with Crippen LogP contribution in [-0.4, -0.2) is 56.6 Å². The minimum Gasteiger partial charge on any atom is -0.379 e. The number of morpholine rings is 1. The standard InChI is InChI=1S/C17H26N4O4S2/c1-13(2)7-8-18-17(26)20-19-16(22)14-3-5-15(6-4-14)27(23,24)21-9-11-25-12-10-21/h3-6,13H,7-12H2,1-2H3,(H,19,22)(H2,18,20,26). The Balaban J connectivity index is 1.88. The molecular weight excluding hydrogens is 388 g/mol. The Morgan fingerprint density at radius 2 is 1.81 bits per heavy atom. The number of amides is 1. The van der Waals surface area contributed by atoms with Gasteiger partial charge in [0.2, 0.25) is 10.0 Å². The maximum Gasteiger partial charge on any atom is 0.269 e. The highest BCUT2D eigenvalue weighted by molar-refractivity contribution is 7.89. The van der Waals surface area contributed by atoms with Gasteiger partial charge in [-0.1, -0.05) is 13.8 Å². The second kappa shape index (κ2) is 9.98. The zero-order chi connectivity index (χ0) is 19.9. The van der Waals surface area contributed by atoms with Crippen LogP contribution in [0.5, 0.6) is 0 Å². The summed E-state index contributed by atoms with van der Waals surface area (Å²) < 4.78 is 31.7. The minimum absolute atomic E-state index is 0.153. The molecule has 0 radical (unpaired) electrons. The number of carbonyl (C=O) groups is 1. The van der Waals surface area contributed by atoms with Crippen molar-refractivity contribution in [3.05, 3.63) is 29.8 Å². The number of benzene rings is 1. The van der Waals surface area contributed by atoms with Crippen molar-refractivity contribution in [2.24, 2.45) is 5.92 Å². The zero-order valence-corrected chi connectivity index (χ0v) is 17.2. The van der Waals surface area contributed by atoms with Gasteiger partial charge in [0.1, 0.15) is 0 Å². The molecule has 0 aromatic heterocycles. The molecule has 0 spiro atoms. The van der Waals surface area contributed by atoms with E-state index in [2.05, 4.69) is 30.0 Å². The van der Waals surface area contributed by atoms with Gasteiger partial charge in [-0.05, 0) is 48.8 Å². The SMILES string of the molecule is CC(C)CCNC(=S)NNC(=O)c1ccc(S(=O)(=O)N2CCOCC2)cc1. The Morgan fingerprint density at radius 3 is 2.41 bits per heavy atom. The average Bonchev–Trinajstić information content (AvgIpc) is 2.66. The third-order valence-electron chi connectivity index (χ3n) is 4.02. The number of hydrogen-bond donors (Lipinski definition) is 3. The zero-order valence-electron chi connectivity index (χ0n) is 15.5. The van der Waals surface area contributed by atoms with Crippen LogP contribution in [0.3, 0.4) is 0 Å². The Morgan fingerprint density at radius 1 is 1.19 bits per heavy atom. The molecule has 0 atom stereocenters. The first-order valence-corrected chi connectivity index (χ1v) is 10.7. The third-order valence-corrected chi connectivity index (χ3v) is 6.18. The number of rotatable bonds is 6. The van der Waals surface area contributed by atoms with Crippen LogP contribution in [0.4, 0.5) is 0 Å². The van der Waals surface area contributed by atoms with Gasteiger partial charge >= 0.3 is 0 Å². The summed E-state index contributed by atoms with van der Waals surface area (Å²) in [7, 11) is -3.57. The van der Waals surface area contributed by atoms with E-state index in [1.54, 1.807) is 0 Å². The molecule has 1 aliphatic rings. The van der Waals surface area contributed by atoms with E-state index < -0.39 is 15.9 Å². The number of hydrogen-bond acceptors (Lipinski definition) is 5. The summed E-state index contributed by atoms with van der Waals surface area (Å²) in [5.41, 5.74) is 5.45. The molecule has 8 nitrogen and oxygen atoms in total. The van der Waals surface area contributed by atoms with Gasteiger partial charge in [-0.2, -0.15) is 4.31 Å². The average molecular weight is 415 g/mol. The maximum atomic E-state index is 12.6. The van der Waals surface area contributed by atoms with Crippen LogP contribution in [0.2, 0.25) is 0 Å². The smallest absolute Gasteiger partial charge is 0.269 e. The molecule has 150 valence electrons. The van der Waals surface area contributed by atoms with Crippen molar-refractivity contribution in [1.29, 1.82) is 0 Å². The molecule has 1 amide bonds. The predicted molar refractivity (Wildman–Crippen MR) is 107 cm³/mol. The molecule has 3 N–H and O–H groups in total. The van der Waals surface area contributed by atoms with Crippen molar-refractivity contribution >= 4 is 33.3 Å². The van der Waals surface area contributed by atoms with E-state index in [0.717, 1.165) is 6.42 Å². The van der Waals surface area contributed by atoms with Gasteiger partial charge in [-0.25, -0.2) is 8.42 Å². The van der Waals surface area contributed by atoms with Crippen LogP contribution in [0, 0.1) is 5.92 Å². The van der Waals surface area contributed by atoms with Crippen molar-refractivity contribution in [3.63, 3.8) is 0 Å². The lowest BCUT2D eigenvalue weighted by molar-refractivity contribution is 0.0730. The fourth-order valence-electron chi connectivity index (χ4n) is 2.42. The second-order valence-corrected chi connectivity index (χ2v) is 8.90. The van der Waals surface area contributed by atoms with E-state index in [9.17, 15) is 13.2 Å². The number of thiocarbonyl (C=S) groups is 1. The maximum absolute atomic E-state index is 12.6. The van der Waals surface area contributed by atoms with Gasteiger partial charge in [-0.3, -0.25) is 15.6 Å². The van der Waals surface area contributed by atoms with Gasteiger partial charge < -0.3 is 10.1 Å². The largest absolute Gasteiger partial charge is 0.379 e. The van der Waals surface area contributed by atoms with Crippen molar-refractivity contribution < 1.29 is 17.9 Å². The molecule has 1 saturated heterocycles. The predicted octanol–water partition coefficient (Wildman–Crippen LogP) is 0.863. The van der Waals surface area contributed by atoms with E-state index in [-0.39, 0.29) is 4.90 Å². The van der Waals surface area contributed by atoms with Crippen LogP contribution in [-0.2, 0) is 14.8 Å². The van der Waals surface area contributed by atoms with Gasteiger partial charge in [0.05, 0.1) is 18.1 Å². The van der Waals surface area contributed by atoms with Gasteiger partial charge in [0, 0.05) is 25.2 Å². The first-order valence-electron chi connectivity index (χ1n) is 8.83. The molecule has 1 heterocycles. The third kappa shape index (κ3) is 6.42. The Bertz CT molecular complexity index is 745. The number of nitrogens with zero attached hydrogens (tertiary/aromatic N) is 1. The van der Waals surface area contributed by atoms with E-state index in [0.29, 0.717) is 49.4 Å². The van der Waals surface area contributed by atoms with E-state index in [1.165, 1.54) is 28.6 Å². The highest BCUT2D eigenvalue weighted by Crippen LogP contribution is 2.17. The molecule has 1 aromatic carbocycles. The summed E-state index contributed by atoms with van der Waals surface area (Å²) in [6.07, 6.45) is 0.967. The van der Waals surface area contributed by atoms with E-state index in [1.807, 2.05) is 0 Å². The van der Waals surface area contributed by atoms with Crippen molar-refractivity contribution in [2.75, 3.05) is 32.8 Å². The van der Waals surface area contributed by atoms with E-state index in [4.69, 9.17) is 17.0 Å². The molecule has 1 aliphatic heterocycles. The summed E-state index contributed by atoms with van der Waals surface area (Å²) in [5, 5.41) is 3.33. The summed E-state index contributed by atoms with van der Waals surface area (Å²) in [5.74, 6) is 0.153. The molecule has 0 unspecified atom stereocenters. The topological polar surface area (TPSA) is 99.8 Å². The number of ether oxygens (including phenoxy) is 1. The van der Waals surface area contributed by atoms with Gasteiger partial charge in [0.15, 0.2) is 5.11 Å². The molecule has 0 saturated carbocycles. The quantitative estimate of drug-likeness (QED) is 0.469. The van der Waals surface area contributed by atoms with Crippen molar-refractivity contribution in [1.82, 2.24) is 20.5 Å². The van der Waals surface area contributed by atoms with Crippen molar-refractivity contribution in [3.8, 4) is 0 Å². The minimum atomic E-state index is -3.57. The Labute approximate surface area is 165 Å². The molecule has 27 heavy (non-hydrogen) atoms. The van der Waals surface area contributed by atoms with Crippen LogP contribution >= 0.6 is 12.2 Å². The second-order valence-electron chi connectivity index (χ2n) is 6.56. The van der Waals surface area contributed by atoms with Crippen LogP contribution in [0.15, 0.2) is 29.2 Å². The summed E-state index contributed by atoms with van der Waals surface area (Å²) >= 11 is 5.08. The van der Waals surface area contributed by atoms with E-state index >= 15 is 0 Å². The number of sulfonamides is 1. The summed E-state index contributed by atoms with van der Waals surface area (Å²) in [4.78, 5) is 12.3. The summed E-state index contributed by atoms with van der Waals surface area (Å²) in [6, 6.07) is 5.80. The fourth-order valence-corrected chi connectivity index (χ4v) is 3.98. The molecular formula is C17H26N4O4S2. The lowest BCUT2D eigenvalue weighted by Crippen LogP contribution is -2.47. The number of carbonyl (C=O) groups excluding carboxylic acids is 1. The molecule has 1 fully saturated rings. The normalized spacial score (nSPS) is 15.4. The lowest BCUT2D eigenvalue weighted by atomic mass is 10.1. The monoisotopic (exact) mass is 414 g/mol.